The summed E-state index contributed by atoms with van der Waals surface area (Å²) in [4.78, 5) is 11.2. The number of hydrogen-bond acceptors (Lipinski definition) is 1. The van der Waals surface area contributed by atoms with Crippen molar-refractivity contribution in [1.82, 2.24) is 0 Å². The Balaban J connectivity index is 2.75. The van der Waals surface area contributed by atoms with Gasteiger partial charge in [-0.2, -0.15) is 0 Å². The van der Waals surface area contributed by atoms with Crippen LogP contribution in [0.15, 0.2) is 36.4 Å². The molecule has 0 spiro atoms. The Labute approximate surface area is 79.1 Å². The summed E-state index contributed by atoms with van der Waals surface area (Å²) in [6.45, 7) is 5.18. The largest absolute Gasteiger partial charge is 0.322 e. The van der Waals surface area contributed by atoms with Crippen molar-refractivity contribution in [2.45, 2.75) is 6.92 Å². The fourth-order valence-electron chi connectivity index (χ4n) is 0.854. The summed E-state index contributed by atoms with van der Waals surface area (Å²) < 4.78 is 0. The first-order chi connectivity index (χ1) is 6.09. The van der Waals surface area contributed by atoms with Crippen molar-refractivity contribution in [2.75, 3.05) is 5.32 Å². The van der Waals surface area contributed by atoms with Gasteiger partial charge in [-0.1, -0.05) is 24.2 Å². The summed E-state index contributed by atoms with van der Waals surface area (Å²) in [5.74, 6) is -0.189. The quantitative estimate of drug-likeness (QED) is 0.521. The van der Waals surface area contributed by atoms with Gasteiger partial charge in [0.2, 0.25) is 0 Å². The molecule has 0 aromatic heterocycles. The van der Waals surface area contributed by atoms with Gasteiger partial charge in [0.05, 0.1) is 0 Å². The van der Waals surface area contributed by atoms with E-state index < -0.39 is 0 Å². The fourth-order valence-corrected chi connectivity index (χ4v) is 0.854. The van der Waals surface area contributed by atoms with Crippen LogP contribution in [0.3, 0.4) is 0 Å². The van der Waals surface area contributed by atoms with Crippen molar-refractivity contribution in [2.24, 2.45) is 0 Å². The van der Waals surface area contributed by atoms with Gasteiger partial charge < -0.3 is 5.32 Å². The summed E-state index contributed by atoms with van der Waals surface area (Å²) in [7, 11) is 5.54. The Kier molecular flexibility index (Phi) is 2.90. The van der Waals surface area contributed by atoms with Crippen LogP contribution >= 0.6 is 0 Å². The molecule has 1 N–H and O–H groups in total. The third-order valence-electron chi connectivity index (χ3n) is 1.53. The lowest BCUT2D eigenvalue weighted by atomic mass is 9.96. The predicted molar refractivity (Wildman–Crippen MR) is 55.3 cm³/mol. The summed E-state index contributed by atoms with van der Waals surface area (Å²) >= 11 is 0. The van der Waals surface area contributed by atoms with Crippen LogP contribution in [0.4, 0.5) is 5.69 Å². The van der Waals surface area contributed by atoms with E-state index in [2.05, 4.69) is 11.9 Å². The summed E-state index contributed by atoms with van der Waals surface area (Å²) in [6, 6.07) is 7.01. The monoisotopic (exact) mass is 171 g/mol. The van der Waals surface area contributed by atoms with Gasteiger partial charge in [0.15, 0.2) is 0 Å². The molecule has 0 aliphatic carbocycles. The van der Waals surface area contributed by atoms with Gasteiger partial charge in [0, 0.05) is 11.3 Å². The van der Waals surface area contributed by atoms with Crippen molar-refractivity contribution in [3.05, 3.63) is 36.4 Å². The van der Waals surface area contributed by atoms with Gasteiger partial charge in [-0.3, -0.25) is 4.79 Å². The standard InChI is InChI=1S/C10H10BNO/c1-7(2)10(13)12-9-5-3-4-8(11)6-9/h3-6H,1H2,2H3,(H,12,13). The van der Waals surface area contributed by atoms with Crippen molar-refractivity contribution >= 4 is 24.9 Å². The van der Waals surface area contributed by atoms with Gasteiger partial charge in [-0.25, -0.2) is 0 Å². The minimum Gasteiger partial charge on any atom is -0.322 e. The van der Waals surface area contributed by atoms with E-state index >= 15 is 0 Å². The van der Waals surface area contributed by atoms with Crippen LogP contribution in [0.1, 0.15) is 6.92 Å². The normalized spacial score (nSPS) is 9.31. The third kappa shape index (κ3) is 2.78. The second kappa shape index (κ2) is 3.94. The van der Waals surface area contributed by atoms with Crippen LogP contribution in [0, 0.1) is 0 Å². The Bertz CT molecular complexity index is 347. The van der Waals surface area contributed by atoms with Crippen LogP contribution in [0.5, 0.6) is 0 Å². The van der Waals surface area contributed by atoms with Crippen LogP contribution in [-0.4, -0.2) is 13.8 Å². The molecule has 64 valence electrons. The number of anilines is 1. The number of carbonyl (C=O) groups is 1. The number of rotatable bonds is 2. The van der Waals surface area contributed by atoms with E-state index in [1.807, 2.05) is 0 Å². The van der Waals surface area contributed by atoms with Crippen LogP contribution < -0.4 is 10.8 Å². The zero-order chi connectivity index (χ0) is 9.84. The van der Waals surface area contributed by atoms with E-state index in [0.717, 1.165) is 0 Å². The zero-order valence-electron chi connectivity index (χ0n) is 7.50. The number of benzene rings is 1. The fraction of sp³-hybridized carbons (Fsp3) is 0.100. The first-order valence-electron chi connectivity index (χ1n) is 3.92. The molecule has 0 unspecified atom stereocenters. The topological polar surface area (TPSA) is 29.1 Å². The highest BCUT2D eigenvalue weighted by Gasteiger charge is 2.01. The van der Waals surface area contributed by atoms with Gasteiger partial charge in [-0.05, 0) is 19.1 Å². The minimum atomic E-state index is -0.189. The molecule has 2 nitrogen and oxygen atoms in total. The maximum Gasteiger partial charge on any atom is 0.250 e. The first kappa shape index (κ1) is 9.58. The second-order valence-electron chi connectivity index (χ2n) is 2.86. The van der Waals surface area contributed by atoms with Gasteiger partial charge in [0.25, 0.3) is 5.91 Å². The zero-order valence-corrected chi connectivity index (χ0v) is 7.50. The highest BCUT2D eigenvalue weighted by Crippen LogP contribution is 2.04. The number of amides is 1. The molecule has 1 amide bonds. The maximum absolute atomic E-state index is 11.2. The maximum atomic E-state index is 11.2. The number of hydrogen-bond donors (Lipinski definition) is 1. The molecule has 0 saturated heterocycles. The molecule has 0 saturated carbocycles. The Morgan fingerprint density at radius 2 is 2.23 bits per heavy atom. The van der Waals surface area contributed by atoms with Crippen molar-refractivity contribution in [1.29, 1.82) is 0 Å². The highest BCUT2D eigenvalue weighted by molar-refractivity contribution is 6.32. The van der Waals surface area contributed by atoms with E-state index in [4.69, 9.17) is 7.85 Å². The average molecular weight is 171 g/mol. The molecule has 1 rings (SSSR count). The molecule has 0 bridgehead atoms. The van der Waals surface area contributed by atoms with Crippen LogP contribution in [0.25, 0.3) is 0 Å². The number of nitrogens with one attached hydrogen (secondary N) is 1. The summed E-state index contributed by atoms with van der Waals surface area (Å²) in [5.41, 5.74) is 1.79. The molecule has 3 heteroatoms. The smallest absolute Gasteiger partial charge is 0.250 e. The lowest BCUT2D eigenvalue weighted by molar-refractivity contribution is -0.112. The molecule has 2 radical (unpaired) electrons. The SMILES string of the molecule is [B]c1cccc(NC(=O)C(=C)C)c1. The van der Waals surface area contributed by atoms with Gasteiger partial charge >= 0.3 is 0 Å². The van der Waals surface area contributed by atoms with E-state index in [0.29, 0.717) is 16.7 Å². The lowest BCUT2D eigenvalue weighted by Crippen LogP contribution is -2.13. The van der Waals surface area contributed by atoms with E-state index in [1.165, 1.54) is 0 Å². The van der Waals surface area contributed by atoms with Gasteiger partial charge in [-0.15, -0.1) is 0 Å². The molecular formula is C10H10BNO. The van der Waals surface area contributed by atoms with E-state index in [1.54, 1.807) is 31.2 Å². The Morgan fingerprint density at radius 1 is 1.54 bits per heavy atom. The molecule has 0 aliphatic rings. The van der Waals surface area contributed by atoms with Crippen LogP contribution in [0.2, 0.25) is 0 Å². The Hall–Kier alpha value is -1.51. The van der Waals surface area contributed by atoms with Crippen molar-refractivity contribution < 1.29 is 4.79 Å². The molecule has 1 aromatic rings. The average Bonchev–Trinajstić information content (AvgIpc) is 2.04. The molecular weight excluding hydrogens is 161 g/mol. The molecule has 0 heterocycles. The van der Waals surface area contributed by atoms with Crippen molar-refractivity contribution in [3.63, 3.8) is 0 Å². The van der Waals surface area contributed by atoms with E-state index in [9.17, 15) is 4.79 Å². The summed E-state index contributed by atoms with van der Waals surface area (Å²) in [6.07, 6.45) is 0. The highest BCUT2D eigenvalue weighted by atomic mass is 16.1. The second-order valence-corrected chi connectivity index (χ2v) is 2.86. The molecule has 13 heavy (non-hydrogen) atoms. The molecule has 0 aliphatic heterocycles. The molecule has 0 atom stereocenters. The molecule has 0 fully saturated rings. The third-order valence-corrected chi connectivity index (χ3v) is 1.53. The van der Waals surface area contributed by atoms with Gasteiger partial charge in [0.1, 0.15) is 7.85 Å². The minimum absolute atomic E-state index is 0.189. The van der Waals surface area contributed by atoms with Crippen LogP contribution in [-0.2, 0) is 4.79 Å². The molecule has 1 aromatic carbocycles. The first-order valence-corrected chi connectivity index (χ1v) is 3.92. The Morgan fingerprint density at radius 3 is 2.77 bits per heavy atom. The summed E-state index contributed by atoms with van der Waals surface area (Å²) in [5, 5.41) is 2.66. The predicted octanol–water partition coefficient (Wildman–Crippen LogP) is 0.995. The van der Waals surface area contributed by atoms with E-state index in [-0.39, 0.29) is 5.91 Å². The lowest BCUT2D eigenvalue weighted by Gasteiger charge is -2.04. The van der Waals surface area contributed by atoms with Crippen molar-refractivity contribution in [3.8, 4) is 0 Å². The number of carbonyl (C=O) groups excluding carboxylic acids is 1.